The van der Waals surface area contributed by atoms with E-state index in [4.69, 9.17) is 33.1 Å². The van der Waals surface area contributed by atoms with Crippen LogP contribution in [0, 0.1) is 0 Å². The SMILES string of the molecule is [2H]c1c([2H])c([2H])c(-n2c3c([2H])c([2H])c([2H])c([2H])c3c3c(-c4nc(-c5ccccc5)nc(-c5ccc6oc7ccccc7c6c5)n4)c([2H])c([2H])c([2H])c32)c([2H])c1[2H]. The van der Waals surface area contributed by atoms with Crippen LogP contribution in [0.2, 0.25) is 0 Å². The molecule has 0 spiro atoms. The minimum Gasteiger partial charge on any atom is -0.456 e. The van der Waals surface area contributed by atoms with Crippen LogP contribution >= 0.6 is 0 Å². The fourth-order valence-electron chi connectivity index (χ4n) is 5.52. The maximum atomic E-state index is 9.29. The van der Waals surface area contributed by atoms with Gasteiger partial charge in [-0.2, -0.15) is 0 Å². The van der Waals surface area contributed by atoms with Crippen molar-refractivity contribution in [3.63, 3.8) is 0 Å². The van der Waals surface area contributed by atoms with Crippen LogP contribution in [0.4, 0.5) is 0 Å². The molecular formula is C39H24N4O. The molecule has 0 amide bonds. The average molecular weight is 577 g/mol. The van der Waals surface area contributed by atoms with Crippen molar-refractivity contribution >= 4 is 43.7 Å². The Kier molecular flexibility index (Phi) is 3.42. The van der Waals surface area contributed by atoms with Crippen LogP contribution in [0.25, 0.3) is 83.6 Å². The molecule has 3 heterocycles. The summed E-state index contributed by atoms with van der Waals surface area (Å²) in [5.74, 6) is 0.168. The molecule has 5 nitrogen and oxygen atoms in total. The summed E-state index contributed by atoms with van der Waals surface area (Å²) in [6.07, 6.45) is 0. The van der Waals surface area contributed by atoms with Crippen LogP contribution < -0.4 is 0 Å². The van der Waals surface area contributed by atoms with Gasteiger partial charge in [0.15, 0.2) is 17.5 Å². The van der Waals surface area contributed by atoms with E-state index in [1.165, 1.54) is 0 Å². The molecule has 0 saturated carbocycles. The van der Waals surface area contributed by atoms with E-state index in [0.29, 0.717) is 22.3 Å². The zero-order valence-corrected chi connectivity index (χ0v) is 22.6. The van der Waals surface area contributed by atoms with Gasteiger partial charge < -0.3 is 8.98 Å². The fraction of sp³-hybridized carbons (Fsp3) is 0. The Balaban J connectivity index is 1.47. The van der Waals surface area contributed by atoms with Gasteiger partial charge in [0.25, 0.3) is 0 Å². The van der Waals surface area contributed by atoms with Crippen LogP contribution in [-0.4, -0.2) is 19.5 Å². The normalized spacial score (nSPS) is 15.5. The number of rotatable bonds is 4. The highest BCUT2D eigenvalue weighted by Crippen LogP contribution is 2.39. The first-order valence-electron chi connectivity index (χ1n) is 19.6. The van der Waals surface area contributed by atoms with Gasteiger partial charge in [-0.1, -0.05) is 96.9 Å². The highest BCUT2D eigenvalue weighted by Gasteiger charge is 2.20. The molecule has 9 rings (SSSR count). The van der Waals surface area contributed by atoms with E-state index < -0.39 is 78.2 Å². The first-order chi connectivity index (χ1) is 26.8. The minimum absolute atomic E-state index is 0.141. The number of benzene rings is 6. The molecule has 206 valence electrons. The smallest absolute Gasteiger partial charge is 0.164 e. The predicted molar refractivity (Wildman–Crippen MR) is 178 cm³/mol. The fourth-order valence-corrected chi connectivity index (χ4v) is 5.52. The number of fused-ring (bicyclic) bond motifs is 6. The number of para-hydroxylation sites is 3. The third kappa shape index (κ3) is 3.83. The second kappa shape index (κ2) is 9.75. The second-order valence-electron chi connectivity index (χ2n) is 9.99. The molecule has 5 heteroatoms. The molecule has 0 aliphatic carbocycles. The maximum absolute atomic E-state index is 9.29. The Morgan fingerprint density at radius 3 is 2.11 bits per heavy atom. The number of furan rings is 1. The lowest BCUT2D eigenvalue weighted by Gasteiger charge is -2.10. The van der Waals surface area contributed by atoms with E-state index in [0.717, 1.165) is 15.3 Å². The lowest BCUT2D eigenvalue weighted by Crippen LogP contribution is -2.00. The summed E-state index contributed by atoms with van der Waals surface area (Å²) in [4.78, 5) is 14.4. The van der Waals surface area contributed by atoms with Crippen molar-refractivity contribution in [3.05, 3.63) is 145 Å². The van der Waals surface area contributed by atoms with E-state index in [-0.39, 0.29) is 44.8 Å². The summed E-state index contributed by atoms with van der Waals surface area (Å²) in [5.41, 5.74) is 1.12. The molecule has 0 N–H and O–H groups in total. The molecule has 9 aromatic rings. The van der Waals surface area contributed by atoms with Crippen molar-refractivity contribution in [3.8, 4) is 39.9 Å². The van der Waals surface area contributed by atoms with Crippen molar-refractivity contribution in [2.24, 2.45) is 0 Å². The molecule has 0 unspecified atom stereocenters. The van der Waals surface area contributed by atoms with Gasteiger partial charge >= 0.3 is 0 Å². The number of aromatic nitrogens is 4. The van der Waals surface area contributed by atoms with Crippen LogP contribution in [-0.2, 0) is 0 Å². The third-order valence-corrected chi connectivity index (χ3v) is 7.46. The van der Waals surface area contributed by atoms with Gasteiger partial charge in [0, 0.05) is 43.9 Å². The van der Waals surface area contributed by atoms with Crippen molar-refractivity contribution in [1.29, 1.82) is 0 Å². The van der Waals surface area contributed by atoms with Crippen LogP contribution in [0.5, 0.6) is 0 Å². The molecule has 6 aromatic carbocycles. The molecular weight excluding hydrogens is 540 g/mol. The lowest BCUT2D eigenvalue weighted by atomic mass is 10.0. The molecule has 44 heavy (non-hydrogen) atoms. The van der Waals surface area contributed by atoms with Gasteiger partial charge in [0.2, 0.25) is 0 Å². The summed E-state index contributed by atoms with van der Waals surface area (Å²) in [7, 11) is 0. The molecule has 0 aliphatic heterocycles. The monoisotopic (exact) mass is 576 g/mol. The van der Waals surface area contributed by atoms with E-state index >= 15 is 0 Å². The largest absolute Gasteiger partial charge is 0.456 e. The maximum Gasteiger partial charge on any atom is 0.164 e. The first-order valence-corrected chi connectivity index (χ1v) is 13.6. The summed E-state index contributed by atoms with van der Waals surface area (Å²) in [5, 5.41) is 1.28. The van der Waals surface area contributed by atoms with E-state index in [9.17, 15) is 2.74 Å². The Bertz CT molecular complexity index is 3150. The zero-order valence-electron chi connectivity index (χ0n) is 34.6. The van der Waals surface area contributed by atoms with E-state index in [1.807, 2.05) is 36.4 Å². The van der Waals surface area contributed by atoms with Gasteiger partial charge in [-0.05, 0) is 48.4 Å². The standard InChI is InChI=1S/C39H24N4O/c1-3-12-25(13-4-1)37-40-38(26-22-23-35-31(24-26)28-16-8-10-21-34(28)44-35)42-39(41-37)30-18-11-20-33-36(30)29-17-7-9-19-32(29)43(33)27-14-5-2-6-15-27/h1-24H/i2D,5D,6D,7D,9D,11D,14D,15D,17D,18D,19D,20D. The van der Waals surface area contributed by atoms with Gasteiger partial charge in [0.1, 0.15) is 11.2 Å². The Hall–Kier alpha value is -6.07. The Morgan fingerprint density at radius 2 is 1.23 bits per heavy atom. The minimum atomic E-state index is -0.719. The molecule has 0 aliphatic rings. The Morgan fingerprint density at radius 1 is 0.523 bits per heavy atom. The highest BCUT2D eigenvalue weighted by atomic mass is 16.3. The first kappa shape index (κ1) is 15.4. The third-order valence-electron chi connectivity index (χ3n) is 7.46. The molecule has 0 bridgehead atoms. The van der Waals surface area contributed by atoms with Gasteiger partial charge in [0.05, 0.1) is 27.5 Å². The van der Waals surface area contributed by atoms with Gasteiger partial charge in [-0.3, -0.25) is 0 Å². The van der Waals surface area contributed by atoms with E-state index in [1.54, 1.807) is 36.4 Å². The van der Waals surface area contributed by atoms with Gasteiger partial charge in [-0.15, -0.1) is 0 Å². The van der Waals surface area contributed by atoms with E-state index in [2.05, 4.69) is 0 Å². The quantitative estimate of drug-likeness (QED) is 0.209. The highest BCUT2D eigenvalue weighted by molar-refractivity contribution is 6.15. The van der Waals surface area contributed by atoms with Crippen LogP contribution in [0.3, 0.4) is 0 Å². The van der Waals surface area contributed by atoms with Crippen molar-refractivity contribution in [1.82, 2.24) is 19.5 Å². The average Bonchev–Trinajstić information content (AvgIpc) is 3.76. The second-order valence-corrected chi connectivity index (χ2v) is 9.99. The molecule has 0 atom stereocenters. The zero-order chi connectivity index (χ0) is 39.5. The summed E-state index contributed by atoms with van der Waals surface area (Å²) < 4.78 is 113. The number of hydrogen-bond acceptors (Lipinski definition) is 4. The van der Waals surface area contributed by atoms with Crippen molar-refractivity contribution in [2.45, 2.75) is 0 Å². The predicted octanol–water partition coefficient (Wildman–Crippen LogP) is 9.87. The van der Waals surface area contributed by atoms with Crippen LogP contribution in [0.1, 0.15) is 16.4 Å². The van der Waals surface area contributed by atoms with Crippen molar-refractivity contribution in [2.75, 3.05) is 0 Å². The van der Waals surface area contributed by atoms with Gasteiger partial charge in [-0.25, -0.2) is 15.0 Å². The number of hydrogen-bond donors (Lipinski definition) is 0. The molecule has 0 saturated heterocycles. The molecule has 3 aromatic heterocycles. The molecule has 0 fully saturated rings. The summed E-state index contributed by atoms with van der Waals surface area (Å²) in [6, 6.07) is 14.0. The summed E-state index contributed by atoms with van der Waals surface area (Å²) in [6.45, 7) is 0. The topological polar surface area (TPSA) is 56.7 Å². The Labute approximate surface area is 269 Å². The number of nitrogens with zero attached hydrogens (tertiary/aromatic N) is 4. The molecule has 0 radical (unpaired) electrons. The van der Waals surface area contributed by atoms with Crippen LogP contribution in [0.15, 0.2) is 150 Å². The summed E-state index contributed by atoms with van der Waals surface area (Å²) >= 11 is 0. The lowest BCUT2D eigenvalue weighted by molar-refractivity contribution is 0.669. The van der Waals surface area contributed by atoms with Crippen molar-refractivity contribution < 1.29 is 20.9 Å².